The summed E-state index contributed by atoms with van der Waals surface area (Å²) in [4.78, 5) is 33.1. The van der Waals surface area contributed by atoms with Crippen LogP contribution in [0.5, 0.6) is 0 Å². The monoisotopic (exact) mass is 460 g/mol. The van der Waals surface area contributed by atoms with Crippen molar-refractivity contribution in [3.05, 3.63) is 30.4 Å². The Bertz CT molecular complexity index is 1170. The Labute approximate surface area is 187 Å². The van der Waals surface area contributed by atoms with E-state index in [2.05, 4.69) is 25.3 Å². The summed E-state index contributed by atoms with van der Waals surface area (Å²) >= 11 is 0. The number of halogens is 3. The fraction of sp³-hybridized carbons (Fsp3) is 0.476. The van der Waals surface area contributed by atoms with Gasteiger partial charge in [0.1, 0.15) is 17.8 Å². The average molecular weight is 460 g/mol. The second kappa shape index (κ2) is 8.16. The summed E-state index contributed by atoms with van der Waals surface area (Å²) in [6.45, 7) is 5.31. The number of hydrogen-bond acceptors (Lipinski definition) is 6. The highest BCUT2D eigenvalue weighted by atomic mass is 19.4. The summed E-state index contributed by atoms with van der Waals surface area (Å²) in [5.74, 6) is 1.01. The van der Waals surface area contributed by atoms with Gasteiger partial charge >= 0.3 is 12.2 Å². The summed E-state index contributed by atoms with van der Waals surface area (Å²) in [5.41, 5.74) is 0.616. The van der Waals surface area contributed by atoms with E-state index < -0.39 is 11.9 Å². The van der Waals surface area contributed by atoms with E-state index in [1.807, 2.05) is 21.3 Å². The molecule has 0 radical (unpaired) electrons. The number of pyridine rings is 1. The van der Waals surface area contributed by atoms with Gasteiger partial charge in [-0.25, -0.2) is 19.7 Å². The fourth-order valence-electron chi connectivity index (χ4n) is 4.21. The molecule has 9 nitrogen and oxygen atoms in total. The topological polar surface area (TPSA) is 92.1 Å². The van der Waals surface area contributed by atoms with Crippen LogP contribution in [0.4, 0.5) is 23.8 Å². The van der Waals surface area contributed by atoms with E-state index >= 15 is 0 Å². The van der Waals surface area contributed by atoms with E-state index in [1.165, 1.54) is 18.6 Å². The molecule has 5 heterocycles. The van der Waals surface area contributed by atoms with Crippen molar-refractivity contribution < 1.29 is 18.0 Å². The predicted molar refractivity (Wildman–Crippen MR) is 114 cm³/mol. The molecule has 0 aliphatic carbocycles. The maximum absolute atomic E-state index is 12.9. The molecule has 0 saturated carbocycles. The van der Waals surface area contributed by atoms with Gasteiger partial charge in [-0.1, -0.05) is 0 Å². The third-order valence-corrected chi connectivity index (χ3v) is 6.09. The average Bonchev–Trinajstić information content (AvgIpc) is 3.37. The zero-order chi connectivity index (χ0) is 23.2. The van der Waals surface area contributed by atoms with Crippen LogP contribution in [0, 0.1) is 0 Å². The summed E-state index contributed by atoms with van der Waals surface area (Å²) in [6, 6.07) is 2.41. The summed E-state index contributed by atoms with van der Waals surface area (Å²) in [5, 5.41) is 3.39. The number of imidazole rings is 1. The molecule has 33 heavy (non-hydrogen) atoms. The van der Waals surface area contributed by atoms with Gasteiger partial charge in [0, 0.05) is 50.5 Å². The van der Waals surface area contributed by atoms with Crippen LogP contribution in [-0.2, 0) is 12.7 Å². The fourth-order valence-corrected chi connectivity index (χ4v) is 4.21. The SMILES string of the molecule is CCn1c(-c2ccc(C(F)(F)F)nc2)nc2c(NC3CCN(C(=O)N4CCC4)C3)ncnc21. The highest BCUT2D eigenvalue weighted by molar-refractivity contribution is 5.86. The minimum Gasteiger partial charge on any atom is -0.364 e. The molecule has 174 valence electrons. The quantitative estimate of drug-likeness (QED) is 0.643. The summed E-state index contributed by atoms with van der Waals surface area (Å²) in [7, 11) is 0. The van der Waals surface area contributed by atoms with E-state index in [1.54, 1.807) is 0 Å². The van der Waals surface area contributed by atoms with Crippen molar-refractivity contribution in [2.24, 2.45) is 0 Å². The standard InChI is InChI=1S/C21H23F3N8O/c1-2-32-18(13-4-5-15(25-10-13)21(22,23)24)29-16-17(26-12-27-19(16)32)28-14-6-9-31(11-14)20(33)30-7-3-8-30/h4-5,10,12,14H,2-3,6-9,11H2,1H3,(H,26,27,28). The first-order valence-corrected chi connectivity index (χ1v) is 10.9. The Hall–Kier alpha value is -3.44. The van der Waals surface area contributed by atoms with Crippen molar-refractivity contribution in [3.63, 3.8) is 0 Å². The highest BCUT2D eigenvalue weighted by Gasteiger charge is 2.33. The molecule has 3 aromatic rings. The predicted octanol–water partition coefficient (Wildman–Crippen LogP) is 3.24. The number of alkyl halides is 3. The van der Waals surface area contributed by atoms with Crippen molar-refractivity contribution in [1.82, 2.24) is 34.3 Å². The van der Waals surface area contributed by atoms with Gasteiger partial charge in [-0.2, -0.15) is 13.2 Å². The molecule has 3 aromatic heterocycles. The van der Waals surface area contributed by atoms with Gasteiger partial charge in [-0.05, 0) is 31.9 Å². The number of urea groups is 1. The minimum absolute atomic E-state index is 0.0243. The molecular weight excluding hydrogens is 437 g/mol. The van der Waals surface area contributed by atoms with Crippen molar-refractivity contribution >= 4 is 23.0 Å². The van der Waals surface area contributed by atoms with E-state index in [0.29, 0.717) is 48.0 Å². The zero-order valence-electron chi connectivity index (χ0n) is 18.0. The Morgan fingerprint density at radius 1 is 1.15 bits per heavy atom. The summed E-state index contributed by atoms with van der Waals surface area (Å²) in [6.07, 6.45) is -0.0529. The first kappa shape index (κ1) is 21.4. The maximum Gasteiger partial charge on any atom is 0.433 e. The molecule has 2 aliphatic rings. The summed E-state index contributed by atoms with van der Waals surface area (Å²) < 4.78 is 40.5. The van der Waals surface area contributed by atoms with Gasteiger partial charge in [0.2, 0.25) is 0 Å². The molecule has 0 aromatic carbocycles. The van der Waals surface area contributed by atoms with Crippen molar-refractivity contribution in [2.75, 3.05) is 31.5 Å². The number of likely N-dealkylation sites (tertiary alicyclic amines) is 2. The number of hydrogen-bond donors (Lipinski definition) is 1. The minimum atomic E-state index is -4.50. The lowest BCUT2D eigenvalue weighted by atomic mass is 10.2. The van der Waals surface area contributed by atoms with E-state index in [9.17, 15) is 18.0 Å². The van der Waals surface area contributed by atoms with Gasteiger partial charge in [0.15, 0.2) is 17.0 Å². The molecule has 0 bridgehead atoms. The van der Waals surface area contributed by atoms with Crippen LogP contribution < -0.4 is 5.32 Å². The van der Waals surface area contributed by atoms with Gasteiger partial charge in [0.05, 0.1) is 0 Å². The van der Waals surface area contributed by atoms with Gasteiger partial charge in [-0.15, -0.1) is 0 Å². The van der Waals surface area contributed by atoms with Crippen molar-refractivity contribution in [3.8, 4) is 11.4 Å². The highest BCUT2D eigenvalue weighted by Crippen LogP contribution is 2.31. The van der Waals surface area contributed by atoms with Gasteiger partial charge in [-0.3, -0.25) is 4.98 Å². The number of carbonyl (C=O) groups excluding carboxylic acids is 1. The molecule has 1 unspecified atom stereocenters. The number of nitrogens with one attached hydrogen (secondary N) is 1. The number of anilines is 1. The number of amides is 2. The van der Waals surface area contributed by atoms with Crippen molar-refractivity contribution in [2.45, 2.75) is 38.5 Å². The number of fused-ring (bicyclic) bond motifs is 1. The third-order valence-electron chi connectivity index (χ3n) is 6.09. The number of carbonyl (C=O) groups is 1. The second-order valence-electron chi connectivity index (χ2n) is 8.20. The Morgan fingerprint density at radius 3 is 2.61 bits per heavy atom. The third kappa shape index (κ3) is 3.93. The lowest BCUT2D eigenvalue weighted by Crippen LogP contribution is -2.49. The number of aryl methyl sites for hydroxylation is 1. The van der Waals surface area contributed by atoms with Crippen LogP contribution in [0.3, 0.4) is 0 Å². The lowest BCUT2D eigenvalue weighted by molar-refractivity contribution is -0.141. The van der Waals surface area contributed by atoms with Crippen LogP contribution >= 0.6 is 0 Å². The molecule has 2 aliphatic heterocycles. The molecule has 2 saturated heterocycles. The number of nitrogens with zero attached hydrogens (tertiary/aromatic N) is 7. The van der Waals surface area contributed by atoms with Gasteiger partial charge in [0.25, 0.3) is 0 Å². The van der Waals surface area contributed by atoms with Crippen molar-refractivity contribution in [1.29, 1.82) is 0 Å². The molecule has 5 rings (SSSR count). The van der Waals surface area contributed by atoms with Gasteiger partial charge < -0.3 is 19.7 Å². The van der Waals surface area contributed by atoms with E-state index in [0.717, 1.165) is 32.0 Å². The molecule has 12 heteroatoms. The zero-order valence-corrected chi connectivity index (χ0v) is 18.0. The molecular formula is C21H23F3N8O. The molecule has 0 spiro atoms. The number of rotatable bonds is 4. The van der Waals surface area contributed by atoms with Crippen LogP contribution in [-0.4, -0.2) is 72.6 Å². The second-order valence-corrected chi connectivity index (χ2v) is 8.20. The van der Waals surface area contributed by atoms with Crippen LogP contribution in [0.1, 0.15) is 25.5 Å². The number of aromatic nitrogens is 5. The maximum atomic E-state index is 12.9. The molecule has 2 amide bonds. The van der Waals surface area contributed by atoms with Crippen LogP contribution in [0.15, 0.2) is 24.7 Å². The first-order chi connectivity index (χ1) is 15.8. The van der Waals surface area contributed by atoms with Crippen LogP contribution in [0.25, 0.3) is 22.6 Å². The van der Waals surface area contributed by atoms with Crippen LogP contribution in [0.2, 0.25) is 0 Å². The lowest BCUT2D eigenvalue weighted by Gasteiger charge is -2.34. The molecule has 1 N–H and O–H groups in total. The normalized spacial score (nSPS) is 18.6. The molecule has 2 fully saturated rings. The van der Waals surface area contributed by atoms with E-state index in [-0.39, 0.29) is 12.1 Å². The molecule has 1 atom stereocenters. The first-order valence-electron chi connectivity index (χ1n) is 10.9. The van der Waals surface area contributed by atoms with E-state index in [4.69, 9.17) is 0 Å². The smallest absolute Gasteiger partial charge is 0.364 e. The largest absolute Gasteiger partial charge is 0.433 e. The Balaban J connectivity index is 1.41. The Kier molecular flexibility index (Phi) is 5.29. The Morgan fingerprint density at radius 2 is 1.97 bits per heavy atom.